The summed E-state index contributed by atoms with van der Waals surface area (Å²) in [7, 11) is 0. The van der Waals surface area contributed by atoms with Crippen molar-refractivity contribution >= 4 is 50.9 Å². The maximum atomic E-state index is 12.8. The highest BCUT2D eigenvalue weighted by Gasteiger charge is 2.27. The second kappa shape index (κ2) is 8.80. The SMILES string of the molecule is CC(=O)c1c(/C=C2\C(=O)Nc3ccc(Br)cc32)[nH]c(C(=O)NCCN2CCCC2)c1C. The zero-order valence-corrected chi connectivity index (χ0v) is 19.2. The summed E-state index contributed by atoms with van der Waals surface area (Å²) < 4.78 is 0.848. The van der Waals surface area contributed by atoms with Gasteiger partial charge in [0.05, 0.1) is 11.3 Å². The number of Topliss-reactive ketones (excluding diaryl/α,β-unsaturated/α-hetero) is 1. The van der Waals surface area contributed by atoms with Gasteiger partial charge in [-0.1, -0.05) is 15.9 Å². The van der Waals surface area contributed by atoms with Crippen LogP contribution in [-0.4, -0.2) is 53.7 Å². The number of fused-ring (bicyclic) bond motifs is 1. The molecule has 162 valence electrons. The van der Waals surface area contributed by atoms with Crippen molar-refractivity contribution in [3.8, 4) is 0 Å². The highest BCUT2D eigenvalue weighted by molar-refractivity contribution is 9.10. The maximum Gasteiger partial charge on any atom is 0.268 e. The molecule has 31 heavy (non-hydrogen) atoms. The van der Waals surface area contributed by atoms with Gasteiger partial charge in [0, 0.05) is 34.4 Å². The van der Waals surface area contributed by atoms with Crippen LogP contribution in [0.15, 0.2) is 22.7 Å². The van der Waals surface area contributed by atoms with E-state index in [0.29, 0.717) is 40.3 Å². The third-order valence-corrected chi connectivity index (χ3v) is 6.32. The van der Waals surface area contributed by atoms with Crippen molar-refractivity contribution in [2.24, 2.45) is 0 Å². The van der Waals surface area contributed by atoms with Crippen molar-refractivity contribution in [1.82, 2.24) is 15.2 Å². The molecule has 0 aliphatic carbocycles. The first-order valence-electron chi connectivity index (χ1n) is 10.4. The molecule has 0 bridgehead atoms. The van der Waals surface area contributed by atoms with Crippen LogP contribution in [0.5, 0.6) is 0 Å². The van der Waals surface area contributed by atoms with Crippen LogP contribution in [-0.2, 0) is 4.79 Å². The van der Waals surface area contributed by atoms with Crippen LogP contribution in [0.3, 0.4) is 0 Å². The average molecular weight is 485 g/mol. The number of rotatable bonds is 6. The summed E-state index contributed by atoms with van der Waals surface area (Å²) in [5, 5.41) is 5.77. The Balaban J connectivity index is 1.62. The van der Waals surface area contributed by atoms with Crippen molar-refractivity contribution in [3.05, 3.63) is 50.8 Å². The molecule has 7 nitrogen and oxygen atoms in total. The first kappa shape index (κ1) is 21.5. The Hall–Kier alpha value is -2.71. The van der Waals surface area contributed by atoms with Crippen molar-refractivity contribution in [1.29, 1.82) is 0 Å². The third kappa shape index (κ3) is 4.36. The van der Waals surface area contributed by atoms with Crippen LogP contribution in [0.2, 0.25) is 0 Å². The molecule has 2 aliphatic rings. The standard InChI is InChI=1S/C23H25BrN4O3/c1-13-20(14(2)29)19(12-17-16-11-15(24)5-6-18(16)27-22(17)30)26-21(13)23(31)25-7-10-28-8-3-4-9-28/h5-6,11-12,26H,3-4,7-10H2,1-2H3,(H,25,31)(H,27,30)/b17-12-. The van der Waals surface area contributed by atoms with Crippen LogP contribution in [0.1, 0.15) is 57.4 Å². The van der Waals surface area contributed by atoms with Crippen molar-refractivity contribution < 1.29 is 14.4 Å². The van der Waals surface area contributed by atoms with Gasteiger partial charge in [0.2, 0.25) is 0 Å². The van der Waals surface area contributed by atoms with Gasteiger partial charge in [0.15, 0.2) is 5.78 Å². The summed E-state index contributed by atoms with van der Waals surface area (Å²) in [6.45, 7) is 6.73. The van der Waals surface area contributed by atoms with E-state index in [1.165, 1.54) is 19.8 Å². The third-order valence-electron chi connectivity index (χ3n) is 5.82. The minimum absolute atomic E-state index is 0.162. The molecule has 8 heteroatoms. The van der Waals surface area contributed by atoms with Crippen LogP contribution >= 0.6 is 15.9 Å². The van der Waals surface area contributed by atoms with E-state index in [1.807, 2.05) is 18.2 Å². The van der Waals surface area contributed by atoms with Crippen LogP contribution in [0.4, 0.5) is 5.69 Å². The van der Waals surface area contributed by atoms with Crippen LogP contribution < -0.4 is 10.6 Å². The van der Waals surface area contributed by atoms with Crippen molar-refractivity contribution in [3.63, 3.8) is 0 Å². The van der Waals surface area contributed by atoms with E-state index >= 15 is 0 Å². The van der Waals surface area contributed by atoms with E-state index in [0.717, 1.165) is 29.7 Å². The highest BCUT2D eigenvalue weighted by atomic mass is 79.9. The number of ketones is 1. The molecule has 2 amide bonds. The fourth-order valence-electron chi connectivity index (χ4n) is 4.28. The first-order chi connectivity index (χ1) is 14.8. The van der Waals surface area contributed by atoms with Gasteiger partial charge in [0.1, 0.15) is 5.69 Å². The molecular formula is C23H25BrN4O3. The predicted molar refractivity (Wildman–Crippen MR) is 124 cm³/mol. The number of H-pyrrole nitrogens is 1. The van der Waals surface area contributed by atoms with Gasteiger partial charge in [-0.25, -0.2) is 0 Å². The molecule has 1 aromatic heterocycles. The number of carbonyl (C=O) groups excluding carboxylic acids is 3. The topological polar surface area (TPSA) is 94.3 Å². The molecule has 0 radical (unpaired) electrons. The van der Waals surface area contributed by atoms with Gasteiger partial charge in [0.25, 0.3) is 11.8 Å². The van der Waals surface area contributed by atoms with E-state index in [-0.39, 0.29) is 17.6 Å². The summed E-state index contributed by atoms with van der Waals surface area (Å²) in [5.74, 6) is -0.654. The molecule has 3 N–H and O–H groups in total. The molecule has 0 unspecified atom stereocenters. The molecule has 0 saturated carbocycles. The second-order valence-electron chi connectivity index (χ2n) is 7.98. The quantitative estimate of drug-likeness (QED) is 0.431. The van der Waals surface area contributed by atoms with E-state index in [9.17, 15) is 14.4 Å². The zero-order chi connectivity index (χ0) is 22.1. The number of amides is 2. The smallest absolute Gasteiger partial charge is 0.268 e. The number of nitrogens with one attached hydrogen (secondary N) is 3. The second-order valence-corrected chi connectivity index (χ2v) is 8.89. The molecule has 1 aromatic carbocycles. The van der Waals surface area contributed by atoms with E-state index < -0.39 is 0 Å². The number of aromatic amines is 1. The number of hydrogen-bond acceptors (Lipinski definition) is 4. The monoisotopic (exact) mass is 484 g/mol. The fraction of sp³-hybridized carbons (Fsp3) is 0.348. The molecule has 4 rings (SSSR count). The molecule has 2 aliphatic heterocycles. The Kier molecular flexibility index (Phi) is 6.11. The lowest BCUT2D eigenvalue weighted by molar-refractivity contribution is -0.110. The van der Waals surface area contributed by atoms with E-state index in [1.54, 1.807) is 13.0 Å². The van der Waals surface area contributed by atoms with Crippen LogP contribution in [0, 0.1) is 6.92 Å². The number of nitrogens with zero attached hydrogens (tertiary/aromatic N) is 1. The first-order valence-corrected chi connectivity index (χ1v) is 11.2. The summed E-state index contributed by atoms with van der Waals surface area (Å²) >= 11 is 3.43. The van der Waals surface area contributed by atoms with Gasteiger partial charge in [-0.3, -0.25) is 14.4 Å². The number of hydrogen-bond donors (Lipinski definition) is 3. The van der Waals surface area contributed by atoms with E-state index in [2.05, 4.69) is 36.4 Å². The Bertz CT molecular complexity index is 1100. The zero-order valence-electron chi connectivity index (χ0n) is 17.6. The number of carbonyl (C=O) groups is 3. The number of anilines is 1. The Morgan fingerprint density at radius 3 is 2.71 bits per heavy atom. The molecule has 1 fully saturated rings. The Morgan fingerprint density at radius 2 is 2.00 bits per heavy atom. The van der Waals surface area contributed by atoms with Gasteiger partial charge in [-0.05, 0) is 69.6 Å². The van der Waals surface area contributed by atoms with Gasteiger partial charge in [-0.15, -0.1) is 0 Å². The maximum absolute atomic E-state index is 12.8. The van der Waals surface area contributed by atoms with Crippen LogP contribution in [0.25, 0.3) is 11.6 Å². The Morgan fingerprint density at radius 1 is 1.26 bits per heavy atom. The minimum atomic E-state index is -0.247. The van der Waals surface area contributed by atoms with Gasteiger partial charge < -0.3 is 20.5 Å². The lowest BCUT2D eigenvalue weighted by Crippen LogP contribution is -2.33. The largest absolute Gasteiger partial charge is 0.350 e. The molecule has 3 heterocycles. The molecule has 0 spiro atoms. The summed E-state index contributed by atoms with van der Waals surface area (Å²) in [5.41, 5.74) is 3.74. The number of aromatic nitrogens is 1. The molecule has 1 saturated heterocycles. The fourth-order valence-corrected chi connectivity index (χ4v) is 4.64. The minimum Gasteiger partial charge on any atom is -0.350 e. The lowest BCUT2D eigenvalue weighted by Gasteiger charge is -2.14. The summed E-state index contributed by atoms with van der Waals surface area (Å²) in [6.07, 6.45) is 4.06. The van der Waals surface area contributed by atoms with E-state index in [4.69, 9.17) is 0 Å². The van der Waals surface area contributed by atoms with Crippen molar-refractivity contribution in [2.45, 2.75) is 26.7 Å². The predicted octanol–water partition coefficient (Wildman–Crippen LogP) is 3.61. The van der Waals surface area contributed by atoms with Gasteiger partial charge >= 0.3 is 0 Å². The number of benzene rings is 1. The highest BCUT2D eigenvalue weighted by Crippen LogP contribution is 2.35. The number of likely N-dealkylation sites (tertiary alicyclic amines) is 1. The molecular weight excluding hydrogens is 460 g/mol. The molecule has 2 aromatic rings. The normalized spacial score (nSPS) is 17.1. The summed E-state index contributed by atoms with van der Waals surface area (Å²) in [4.78, 5) is 43.1. The van der Waals surface area contributed by atoms with Crippen molar-refractivity contribution in [2.75, 3.05) is 31.5 Å². The molecule has 0 atom stereocenters. The summed E-state index contributed by atoms with van der Waals surface area (Å²) in [6, 6.07) is 5.53. The average Bonchev–Trinajstić information content (AvgIpc) is 3.41. The number of halogens is 1. The van der Waals surface area contributed by atoms with Gasteiger partial charge in [-0.2, -0.15) is 0 Å². The lowest BCUT2D eigenvalue weighted by atomic mass is 10.0. The Labute approximate surface area is 189 Å².